The van der Waals surface area contributed by atoms with Crippen molar-refractivity contribution < 1.29 is 0 Å². The number of hydrogen-bond acceptors (Lipinski definition) is 0. The van der Waals surface area contributed by atoms with Crippen LogP contribution in [0.3, 0.4) is 0 Å². The smallest absolute Gasteiger partial charge is 0.0564 e. The van der Waals surface area contributed by atoms with Gasteiger partial charge in [0.05, 0.1) is 0 Å². The number of rotatable bonds is 0. The molecule has 0 amide bonds. The lowest BCUT2D eigenvalue weighted by atomic mass is 11.0. The van der Waals surface area contributed by atoms with Crippen LogP contribution in [0.25, 0.3) is 0 Å². The van der Waals surface area contributed by atoms with E-state index in [1.165, 1.54) is 0 Å². The third-order valence-electron chi connectivity index (χ3n) is 0. The van der Waals surface area contributed by atoms with E-state index in [4.69, 9.17) is 0 Å². The van der Waals surface area contributed by atoms with Crippen LogP contribution in [-0.4, -0.2) is 0 Å². The maximum absolute atomic E-state index is 3.25. The molecule has 0 bridgehead atoms. The Morgan fingerprint density at radius 3 is 1.00 bits per heavy atom. The van der Waals surface area contributed by atoms with Gasteiger partial charge in [-0.2, -0.15) is 0 Å². The minimum Gasteiger partial charge on any atom is -0.106 e. The highest BCUT2D eigenvalue weighted by atomic mass is 13.0. The topological polar surface area (TPSA) is 0 Å². The van der Waals surface area contributed by atoms with Crippen LogP contribution >= 0.6 is 0 Å². The zero-order chi connectivity index (χ0) is 4.00. The molecule has 0 fully saturated rings. The van der Waals surface area contributed by atoms with Crippen molar-refractivity contribution in [1.29, 1.82) is 0 Å². The summed E-state index contributed by atoms with van der Waals surface area (Å²) >= 11 is 0. The molecule has 0 saturated carbocycles. The van der Waals surface area contributed by atoms with E-state index >= 15 is 0 Å². The van der Waals surface area contributed by atoms with Gasteiger partial charge in [-0.3, -0.25) is 0 Å². The average molecular weight is 57.1 g/mol. The molecule has 0 rings (SSSR count). The Morgan fingerprint density at radius 2 is 1.00 bits per heavy atom. The molecule has 0 aliphatic rings. The van der Waals surface area contributed by atoms with Crippen LogP contribution < -0.4 is 0 Å². The van der Waals surface area contributed by atoms with Crippen LogP contribution in [0.15, 0.2) is 13.2 Å². The standard InChI is InChI=1S/C2H5.C2H4/c2*1-2/h1H2,2H3;1-2H2. The Labute approximate surface area is 28.2 Å². The van der Waals surface area contributed by atoms with Crippen molar-refractivity contribution in [3.05, 3.63) is 20.1 Å². The largest absolute Gasteiger partial charge is 0.106 e. The Hall–Kier alpha value is -0.260. The summed E-state index contributed by atoms with van der Waals surface area (Å²) in [7, 11) is 0. The summed E-state index contributed by atoms with van der Waals surface area (Å²) in [5.41, 5.74) is 0. The molecule has 0 saturated heterocycles. The lowest BCUT2D eigenvalue weighted by Crippen LogP contribution is -0.888. The molecule has 0 aromatic heterocycles. The van der Waals surface area contributed by atoms with Gasteiger partial charge < -0.3 is 0 Å². The van der Waals surface area contributed by atoms with Crippen molar-refractivity contribution in [3.63, 3.8) is 0 Å². The predicted molar refractivity (Wildman–Crippen MR) is 22.3 cm³/mol. The Kier molecular flexibility index (Phi) is 285. The van der Waals surface area contributed by atoms with Gasteiger partial charge in [0.15, 0.2) is 0 Å². The second kappa shape index (κ2) is 123. The summed E-state index contributed by atoms with van der Waals surface area (Å²) < 4.78 is 0. The first-order valence-electron chi connectivity index (χ1n) is 1.21. The molecule has 0 heterocycles. The number of hydrogen-bond donors (Lipinski definition) is 0. The Morgan fingerprint density at radius 1 is 1.00 bits per heavy atom. The van der Waals surface area contributed by atoms with Crippen molar-refractivity contribution in [3.8, 4) is 0 Å². The highest BCUT2D eigenvalue weighted by Gasteiger charge is 0.939. The first kappa shape index (κ1) is 9.27. The van der Waals surface area contributed by atoms with Crippen molar-refractivity contribution in [2.24, 2.45) is 0 Å². The second-order valence-corrected chi connectivity index (χ2v) is 0. The fraction of sp³-hybridized carbons (Fsp3) is 0.250. The Balaban J connectivity index is 0. The SMILES string of the molecule is C=C.[CH2]C. The summed E-state index contributed by atoms with van der Waals surface area (Å²) in [4.78, 5) is 0. The molecule has 0 nitrogen and oxygen atoms in total. The Bertz CT molecular complexity index is 0. The van der Waals surface area contributed by atoms with Crippen molar-refractivity contribution >= 4 is 0 Å². The van der Waals surface area contributed by atoms with E-state index < -0.39 is 0 Å². The van der Waals surface area contributed by atoms with Gasteiger partial charge in [0, 0.05) is 0 Å². The van der Waals surface area contributed by atoms with Crippen LogP contribution in [-0.2, 0) is 0 Å². The zero-order valence-electron chi connectivity index (χ0n) is 3.12. The van der Waals surface area contributed by atoms with E-state index in [0.717, 1.165) is 0 Å². The molecule has 0 atom stereocenters. The molecule has 0 aromatic rings. The summed E-state index contributed by atoms with van der Waals surface area (Å²) in [6.45, 7) is 11.0. The van der Waals surface area contributed by atoms with Crippen LogP contribution in [0.4, 0.5) is 0 Å². The molecule has 0 N–H and O–H groups in total. The fourth-order valence-corrected chi connectivity index (χ4v) is 0. The average Bonchev–Trinajstić information content (AvgIpc) is 1.50. The molecule has 0 aliphatic carbocycles. The lowest BCUT2D eigenvalue weighted by molar-refractivity contribution is 1.81. The van der Waals surface area contributed by atoms with Gasteiger partial charge in [-0.1, -0.05) is 13.8 Å². The van der Waals surface area contributed by atoms with Gasteiger partial charge in [0.2, 0.25) is 0 Å². The quantitative estimate of drug-likeness (QED) is 0.371. The minimum absolute atomic E-state index is 1.75. The highest BCUT2D eigenvalue weighted by molar-refractivity contribution is 4.22. The maximum Gasteiger partial charge on any atom is -0.0564 e. The van der Waals surface area contributed by atoms with E-state index in [9.17, 15) is 0 Å². The monoisotopic (exact) mass is 57.1 g/mol. The molecule has 0 heteroatoms. The molecule has 0 aliphatic heterocycles. The van der Waals surface area contributed by atoms with Crippen LogP contribution in [0.2, 0.25) is 0 Å². The molecular weight excluding hydrogens is 48.0 g/mol. The lowest BCUT2D eigenvalue weighted by Gasteiger charge is -1.06. The summed E-state index contributed by atoms with van der Waals surface area (Å²) in [6, 6.07) is 0. The molecule has 1 radical (unpaired) electrons. The van der Waals surface area contributed by atoms with E-state index in [2.05, 4.69) is 20.1 Å². The van der Waals surface area contributed by atoms with Gasteiger partial charge in [-0.15, -0.1) is 13.2 Å². The summed E-state index contributed by atoms with van der Waals surface area (Å²) in [5.74, 6) is 0. The molecule has 0 aromatic carbocycles. The molecule has 25 valence electrons. The maximum atomic E-state index is 3.25. The van der Waals surface area contributed by atoms with Gasteiger partial charge in [-0.25, -0.2) is 0 Å². The molecular formula is C4H9. The van der Waals surface area contributed by atoms with Crippen LogP contribution in [0, 0.1) is 6.92 Å². The third-order valence-corrected chi connectivity index (χ3v) is 0. The molecule has 0 unspecified atom stereocenters. The normalized spacial score (nSPS) is 2.50. The third kappa shape index (κ3) is 14.1. The van der Waals surface area contributed by atoms with E-state index in [1.807, 2.05) is 0 Å². The van der Waals surface area contributed by atoms with Crippen molar-refractivity contribution in [2.45, 2.75) is 6.92 Å². The van der Waals surface area contributed by atoms with Crippen molar-refractivity contribution in [2.75, 3.05) is 0 Å². The zero-order valence-corrected chi connectivity index (χ0v) is 3.12. The van der Waals surface area contributed by atoms with Crippen molar-refractivity contribution in [1.82, 2.24) is 0 Å². The van der Waals surface area contributed by atoms with Gasteiger partial charge in [0.1, 0.15) is 0 Å². The molecule has 0 spiro atoms. The van der Waals surface area contributed by atoms with Gasteiger partial charge in [0.25, 0.3) is 0 Å². The van der Waals surface area contributed by atoms with Gasteiger partial charge in [-0.05, 0) is 0 Å². The van der Waals surface area contributed by atoms with E-state index in [-0.39, 0.29) is 0 Å². The first-order chi connectivity index (χ1) is 2.00. The van der Waals surface area contributed by atoms with E-state index in [1.54, 1.807) is 6.92 Å². The predicted octanol–water partition coefficient (Wildman–Crippen LogP) is 1.64. The summed E-state index contributed by atoms with van der Waals surface area (Å²) in [6.07, 6.45) is 0. The minimum atomic E-state index is 1.75. The fourth-order valence-electron chi connectivity index (χ4n) is 0. The van der Waals surface area contributed by atoms with E-state index in [0.29, 0.717) is 0 Å². The van der Waals surface area contributed by atoms with Gasteiger partial charge >= 0.3 is 0 Å². The first-order valence-corrected chi connectivity index (χ1v) is 1.21. The summed E-state index contributed by atoms with van der Waals surface area (Å²) in [5, 5.41) is 0. The second-order valence-electron chi connectivity index (χ2n) is 0. The van der Waals surface area contributed by atoms with Crippen LogP contribution in [0.5, 0.6) is 0 Å². The molecule has 4 heavy (non-hydrogen) atoms. The highest BCUT2D eigenvalue weighted by Crippen LogP contribution is 1.11. The van der Waals surface area contributed by atoms with Crippen LogP contribution in [0.1, 0.15) is 6.92 Å².